The van der Waals surface area contributed by atoms with Crippen LogP contribution < -0.4 is 5.32 Å². The average molecular weight is 316 g/mol. The van der Waals surface area contributed by atoms with Crippen LogP contribution in [0.1, 0.15) is 35.7 Å². The monoisotopic (exact) mass is 315 g/mol. The van der Waals surface area contributed by atoms with Crippen LogP contribution in [0, 0.1) is 0 Å². The van der Waals surface area contributed by atoms with Crippen molar-refractivity contribution >= 4 is 38.6 Å². The number of thiophene rings is 2. The van der Waals surface area contributed by atoms with E-state index in [2.05, 4.69) is 64.7 Å². The number of nitrogens with one attached hydrogen (secondary N) is 1. The van der Waals surface area contributed by atoms with Crippen LogP contribution in [0.4, 0.5) is 0 Å². The van der Waals surface area contributed by atoms with Crippen molar-refractivity contribution in [2.24, 2.45) is 0 Å². The van der Waals surface area contributed by atoms with Crippen LogP contribution in [0.5, 0.6) is 0 Å². The van der Waals surface area contributed by atoms with E-state index in [9.17, 15) is 0 Å². The number of rotatable bonds is 4. The number of hydrogen-bond acceptors (Lipinski definition) is 3. The molecule has 0 radical (unpaired) electrons. The maximum atomic E-state index is 3.61. The zero-order chi connectivity index (χ0) is 11.5. The van der Waals surface area contributed by atoms with E-state index in [1.807, 2.05) is 0 Å². The van der Waals surface area contributed by atoms with Crippen molar-refractivity contribution in [3.05, 3.63) is 43.2 Å². The van der Waals surface area contributed by atoms with Gasteiger partial charge in [0.25, 0.3) is 0 Å². The molecule has 2 rings (SSSR count). The van der Waals surface area contributed by atoms with Crippen molar-refractivity contribution < 1.29 is 0 Å². The van der Waals surface area contributed by atoms with Crippen LogP contribution in [-0.2, 0) is 0 Å². The first-order valence-corrected chi connectivity index (χ1v) is 7.70. The molecule has 0 aliphatic heterocycles. The fourth-order valence-electron chi connectivity index (χ4n) is 1.64. The molecule has 0 amide bonds. The summed E-state index contributed by atoms with van der Waals surface area (Å²) >= 11 is 7.10. The Kier molecular flexibility index (Phi) is 4.19. The number of hydrogen-bond donors (Lipinski definition) is 1. The molecule has 0 saturated heterocycles. The molecule has 2 aromatic heterocycles. The Bertz CT molecular complexity index is 436. The fraction of sp³-hybridized carbons (Fsp3) is 0.333. The second-order valence-corrected chi connectivity index (χ2v) is 7.24. The predicted octanol–water partition coefficient (Wildman–Crippen LogP) is 4.98. The van der Waals surface area contributed by atoms with E-state index >= 15 is 0 Å². The summed E-state index contributed by atoms with van der Waals surface area (Å²) in [6, 6.07) is 9.37. The van der Waals surface area contributed by atoms with Gasteiger partial charge in [0.15, 0.2) is 0 Å². The van der Waals surface area contributed by atoms with Crippen molar-refractivity contribution in [2.45, 2.75) is 25.9 Å². The van der Waals surface area contributed by atoms with Gasteiger partial charge in [-0.2, -0.15) is 0 Å². The third-order valence-corrected chi connectivity index (χ3v) is 5.35. The highest BCUT2D eigenvalue weighted by Crippen LogP contribution is 2.29. The molecule has 0 bridgehead atoms. The summed E-state index contributed by atoms with van der Waals surface area (Å²) in [4.78, 5) is 2.76. The minimum atomic E-state index is 0.397. The molecule has 0 saturated carbocycles. The van der Waals surface area contributed by atoms with Gasteiger partial charge in [-0.15, -0.1) is 22.7 Å². The molecule has 2 aromatic rings. The third kappa shape index (κ3) is 2.94. The van der Waals surface area contributed by atoms with Gasteiger partial charge in [-0.1, -0.05) is 6.07 Å². The van der Waals surface area contributed by atoms with Gasteiger partial charge in [0.2, 0.25) is 0 Å². The smallest absolute Gasteiger partial charge is 0.0701 e. The average Bonchev–Trinajstić information content (AvgIpc) is 2.87. The molecule has 0 aliphatic carbocycles. The minimum Gasteiger partial charge on any atom is -0.302 e. The summed E-state index contributed by atoms with van der Waals surface area (Å²) in [6.45, 7) is 4.42. The molecule has 0 aromatic carbocycles. The Labute approximate surface area is 113 Å². The largest absolute Gasteiger partial charge is 0.302 e. The molecule has 1 nitrogen and oxygen atoms in total. The van der Waals surface area contributed by atoms with Crippen LogP contribution in [0.3, 0.4) is 0 Å². The highest BCUT2D eigenvalue weighted by molar-refractivity contribution is 9.11. The topological polar surface area (TPSA) is 12.0 Å². The van der Waals surface area contributed by atoms with Crippen LogP contribution in [0.25, 0.3) is 0 Å². The normalized spacial score (nSPS) is 14.9. The van der Waals surface area contributed by atoms with Gasteiger partial charge in [-0.05, 0) is 53.4 Å². The Morgan fingerprint density at radius 1 is 1.12 bits per heavy atom. The van der Waals surface area contributed by atoms with Gasteiger partial charge >= 0.3 is 0 Å². The summed E-state index contributed by atoms with van der Waals surface area (Å²) in [5.74, 6) is 0. The SMILES string of the molecule is CC(N[C@@H](C)c1cccs1)c1ccc(Br)s1. The summed E-state index contributed by atoms with van der Waals surface area (Å²) in [5.41, 5.74) is 0. The minimum absolute atomic E-state index is 0.397. The highest BCUT2D eigenvalue weighted by Gasteiger charge is 2.13. The maximum absolute atomic E-state index is 3.61. The first-order chi connectivity index (χ1) is 7.66. The second-order valence-electron chi connectivity index (χ2n) is 3.77. The van der Waals surface area contributed by atoms with Crippen LogP contribution in [0.2, 0.25) is 0 Å². The predicted molar refractivity (Wildman–Crippen MR) is 76.3 cm³/mol. The maximum Gasteiger partial charge on any atom is 0.0701 e. The van der Waals surface area contributed by atoms with Gasteiger partial charge in [0.05, 0.1) is 3.79 Å². The molecule has 0 spiro atoms. The molecule has 0 aliphatic rings. The molecule has 0 fully saturated rings. The van der Waals surface area contributed by atoms with E-state index in [4.69, 9.17) is 0 Å². The van der Waals surface area contributed by atoms with Crippen LogP contribution >= 0.6 is 38.6 Å². The Morgan fingerprint density at radius 2 is 1.88 bits per heavy atom. The van der Waals surface area contributed by atoms with Crippen LogP contribution in [-0.4, -0.2) is 0 Å². The molecule has 1 unspecified atom stereocenters. The van der Waals surface area contributed by atoms with E-state index in [0.29, 0.717) is 12.1 Å². The zero-order valence-electron chi connectivity index (χ0n) is 9.24. The molecule has 2 atom stereocenters. The van der Waals surface area contributed by atoms with Crippen molar-refractivity contribution in [3.8, 4) is 0 Å². The fourth-order valence-corrected chi connectivity index (χ4v) is 3.82. The third-order valence-electron chi connectivity index (χ3n) is 2.49. The quantitative estimate of drug-likeness (QED) is 0.838. The lowest BCUT2D eigenvalue weighted by Gasteiger charge is -2.17. The van der Waals surface area contributed by atoms with Crippen LogP contribution in [0.15, 0.2) is 33.4 Å². The standard InChI is InChI=1S/C12H14BrNS2/c1-8(10-4-3-7-15-10)14-9(2)11-5-6-12(13)16-11/h3-9,14H,1-2H3/t8-,9?/m0/s1. The second kappa shape index (κ2) is 5.45. The van der Waals surface area contributed by atoms with E-state index < -0.39 is 0 Å². The highest BCUT2D eigenvalue weighted by atomic mass is 79.9. The van der Waals surface area contributed by atoms with Gasteiger partial charge in [0, 0.05) is 21.8 Å². The van der Waals surface area contributed by atoms with Crippen molar-refractivity contribution in [3.63, 3.8) is 0 Å². The molecular formula is C12H14BrNS2. The van der Waals surface area contributed by atoms with Gasteiger partial charge in [0.1, 0.15) is 0 Å². The summed E-state index contributed by atoms with van der Waals surface area (Å²) in [6.07, 6.45) is 0. The van der Waals surface area contributed by atoms with Crippen molar-refractivity contribution in [1.29, 1.82) is 0 Å². The first kappa shape index (κ1) is 12.3. The summed E-state index contributed by atoms with van der Waals surface area (Å²) in [7, 11) is 0. The number of halogens is 1. The Hall–Kier alpha value is -0.160. The van der Waals surface area contributed by atoms with Gasteiger partial charge in [-0.25, -0.2) is 0 Å². The molecular weight excluding hydrogens is 302 g/mol. The van der Waals surface area contributed by atoms with E-state index in [1.54, 1.807) is 22.7 Å². The summed E-state index contributed by atoms with van der Waals surface area (Å²) in [5, 5.41) is 5.74. The van der Waals surface area contributed by atoms with Crippen molar-refractivity contribution in [1.82, 2.24) is 5.32 Å². The zero-order valence-corrected chi connectivity index (χ0v) is 12.5. The first-order valence-electron chi connectivity index (χ1n) is 5.21. The molecule has 4 heteroatoms. The summed E-state index contributed by atoms with van der Waals surface area (Å²) < 4.78 is 1.19. The lowest BCUT2D eigenvalue weighted by atomic mass is 10.2. The van der Waals surface area contributed by atoms with E-state index in [1.165, 1.54) is 13.5 Å². The van der Waals surface area contributed by atoms with Gasteiger partial charge in [-0.3, -0.25) is 0 Å². The Balaban J connectivity index is 2.00. The lowest BCUT2D eigenvalue weighted by molar-refractivity contribution is 0.506. The Morgan fingerprint density at radius 3 is 2.44 bits per heavy atom. The molecule has 1 N–H and O–H groups in total. The molecule has 2 heterocycles. The van der Waals surface area contributed by atoms with Gasteiger partial charge < -0.3 is 5.32 Å². The van der Waals surface area contributed by atoms with E-state index in [0.717, 1.165) is 0 Å². The molecule has 86 valence electrons. The van der Waals surface area contributed by atoms with E-state index in [-0.39, 0.29) is 0 Å². The lowest BCUT2D eigenvalue weighted by Crippen LogP contribution is -2.20. The molecule has 16 heavy (non-hydrogen) atoms. The van der Waals surface area contributed by atoms with Crippen molar-refractivity contribution in [2.75, 3.05) is 0 Å².